The number of anilines is 1. The number of hydrogen-bond donors (Lipinski definition) is 1. The van der Waals surface area contributed by atoms with E-state index in [1.807, 2.05) is 13.8 Å². The Hall–Kier alpha value is -2.58. The Balaban J connectivity index is 1.91. The Labute approximate surface area is 174 Å². The monoisotopic (exact) mass is 424 g/mol. The molecule has 1 fully saturated rings. The van der Waals surface area contributed by atoms with Gasteiger partial charge in [0.2, 0.25) is 5.91 Å². The van der Waals surface area contributed by atoms with Gasteiger partial charge in [-0.1, -0.05) is 39.5 Å². The molecule has 9 heteroatoms. The zero-order valence-electron chi connectivity index (χ0n) is 17.3. The van der Waals surface area contributed by atoms with Gasteiger partial charge in [-0.15, -0.1) is 0 Å². The maximum absolute atomic E-state index is 12.9. The molecule has 0 bridgehead atoms. The van der Waals surface area contributed by atoms with Crippen LogP contribution < -0.4 is 10.2 Å². The molecule has 0 aromatic heterocycles. The lowest BCUT2D eigenvalue weighted by atomic mass is 9.74. The molecule has 2 aliphatic heterocycles. The summed E-state index contributed by atoms with van der Waals surface area (Å²) >= 11 is 0. The van der Waals surface area contributed by atoms with Crippen LogP contribution in [-0.2, 0) is 11.0 Å². The standard InChI is InChI=1S/C21H27F3N4O2/c1-3-5-11-20(12-6-4-2)17-25-13-27(14-28(17)19(30)26-18(20)29)16-9-7-15(8-10-16)21(22,23)24/h7-10H,3-6,11-14H2,1-2H3,(H,26,29,30). The van der Waals surface area contributed by atoms with Crippen LogP contribution in [0.15, 0.2) is 29.3 Å². The van der Waals surface area contributed by atoms with E-state index in [9.17, 15) is 22.8 Å². The van der Waals surface area contributed by atoms with Crippen LogP contribution >= 0.6 is 0 Å². The van der Waals surface area contributed by atoms with Crippen molar-refractivity contribution >= 4 is 23.5 Å². The number of amides is 3. The first kappa shape index (κ1) is 22.1. The third-order valence-electron chi connectivity index (χ3n) is 5.76. The molecule has 30 heavy (non-hydrogen) atoms. The van der Waals surface area contributed by atoms with Crippen LogP contribution in [-0.4, -0.2) is 36.0 Å². The van der Waals surface area contributed by atoms with E-state index in [0.29, 0.717) is 24.4 Å². The summed E-state index contributed by atoms with van der Waals surface area (Å²) in [7, 11) is 0. The minimum Gasteiger partial charge on any atom is -0.334 e. The minimum absolute atomic E-state index is 0.128. The molecular formula is C21H27F3N4O2. The fourth-order valence-electron chi connectivity index (χ4n) is 4.03. The number of fused-ring (bicyclic) bond motifs is 1. The fourth-order valence-corrected chi connectivity index (χ4v) is 4.03. The van der Waals surface area contributed by atoms with Crippen molar-refractivity contribution in [3.8, 4) is 0 Å². The summed E-state index contributed by atoms with van der Waals surface area (Å²) < 4.78 is 38.5. The lowest BCUT2D eigenvalue weighted by Gasteiger charge is -2.46. The third-order valence-corrected chi connectivity index (χ3v) is 5.76. The van der Waals surface area contributed by atoms with Crippen LogP contribution in [0.25, 0.3) is 0 Å². The molecule has 2 aliphatic rings. The molecule has 0 spiro atoms. The molecule has 0 aliphatic carbocycles. The summed E-state index contributed by atoms with van der Waals surface area (Å²) in [6.45, 7) is 4.40. The zero-order chi connectivity index (χ0) is 21.9. The number of halogens is 3. The molecule has 0 radical (unpaired) electrons. The Morgan fingerprint density at radius 2 is 1.67 bits per heavy atom. The van der Waals surface area contributed by atoms with E-state index in [2.05, 4.69) is 10.3 Å². The summed E-state index contributed by atoms with van der Waals surface area (Å²) in [6.07, 6.45) is 0.315. The predicted octanol–water partition coefficient (Wildman–Crippen LogP) is 4.76. The van der Waals surface area contributed by atoms with Gasteiger partial charge in [-0.25, -0.2) is 9.79 Å². The van der Waals surface area contributed by atoms with E-state index in [1.165, 1.54) is 17.0 Å². The topological polar surface area (TPSA) is 65.0 Å². The zero-order valence-corrected chi connectivity index (χ0v) is 17.3. The number of alkyl halides is 3. The quantitative estimate of drug-likeness (QED) is 0.687. The van der Waals surface area contributed by atoms with Crippen molar-refractivity contribution in [1.82, 2.24) is 10.2 Å². The van der Waals surface area contributed by atoms with Crippen molar-refractivity contribution < 1.29 is 22.8 Å². The van der Waals surface area contributed by atoms with Crippen LogP contribution in [0.3, 0.4) is 0 Å². The normalized spacial score (nSPS) is 18.8. The van der Waals surface area contributed by atoms with Gasteiger partial charge in [0.15, 0.2) is 0 Å². The van der Waals surface area contributed by atoms with Crippen LogP contribution in [0.2, 0.25) is 0 Å². The fraction of sp³-hybridized carbons (Fsp3) is 0.571. The molecule has 164 valence electrons. The minimum atomic E-state index is -4.41. The number of carbonyl (C=O) groups is 2. The van der Waals surface area contributed by atoms with Crippen molar-refractivity contribution in [3.05, 3.63) is 29.8 Å². The highest BCUT2D eigenvalue weighted by atomic mass is 19.4. The average Bonchev–Trinajstić information content (AvgIpc) is 2.72. The van der Waals surface area contributed by atoms with E-state index in [-0.39, 0.29) is 19.2 Å². The molecule has 1 saturated heterocycles. The number of amidine groups is 1. The van der Waals surface area contributed by atoms with Gasteiger partial charge in [-0.3, -0.25) is 15.0 Å². The molecule has 0 saturated carbocycles. The maximum Gasteiger partial charge on any atom is 0.416 e. The van der Waals surface area contributed by atoms with Gasteiger partial charge in [-0.05, 0) is 37.1 Å². The number of rotatable bonds is 7. The van der Waals surface area contributed by atoms with Crippen molar-refractivity contribution in [1.29, 1.82) is 0 Å². The number of urea groups is 1. The summed E-state index contributed by atoms with van der Waals surface area (Å²) in [6, 6.07) is 4.23. The van der Waals surface area contributed by atoms with E-state index in [0.717, 1.165) is 37.8 Å². The largest absolute Gasteiger partial charge is 0.416 e. The van der Waals surface area contributed by atoms with Crippen molar-refractivity contribution in [3.63, 3.8) is 0 Å². The molecule has 1 N–H and O–H groups in total. The number of nitrogens with one attached hydrogen (secondary N) is 1. The smallest absolute Gasteiger partial charge is 0.334 e. The van der Waals surface area contributed by atoms with Crippen molar-refractivity contribution in [2.45, 2.75) is 58.5 Å². The van der Waals surface area contributed by atoms with Gasteiger partial charge in [-0.2, -0.15) is 13.2 Å². The van der Waals surface area contributed by atoms with Crippen LogP contribution in [0.4, 0.5) is 23.7 Å². The number of hydrogen-bond acceptors (Lipinski definition) is 4. The number of benzene rings is 1. The second kappa shape index (κ2) is 8.65. The highest BCUT2D eigenvalue weighted by Gasteiger charge is 2.52. The molecule has 6 nitrogen and oxygen atoms in total. The van der Waals surface area contributed by atoms with E-state index >= 15 is 0 Å². The van der Waals surface area contributed by atoms with Gasteiger partial charge in [0.1, 0.15) is 24.6 Å². The summed E-state index contributed by atoms with van der Waals surface area (Å²) in [5.74, 6) is 0.189. The summed E-state index contributed by atoms with van der Waals surface area (Å²) in [5, 5.41) is 2.48. The molecule has 1 aromatic rings. The van der Waals surface area contributed by atoms with Gasteiger partial charge >= 0.3 is 12.2 Å². The molecule has 0 unspecified atom stereocenters. The van der Waals surface area contributed by atoms with Crippen molar-refractivity contribution in [2.24, 2.45) is 10.4 Å². The Kier molecular flexibility index (Phi) is 6.38. The molecule has 1 aromatic carbocycles. The predicted molar refractivity (Wildman–Crippen MR) is 108 cm³/mol. The number of carbonyl (C=O) groups excluding carboxylic acids is 2. The molecular weight excluding hydrogens is 397 g/mol. The van der Waals surface area contributed by atoms with E-state index < -0.39 is 23.2 Å². The molecule has 3 rings (SSSR count). The summed E-state index contributed by atoms with van der Waals surface area (Å²) in [4.78, 5) is 33.3. The van der Waals surface area contributed by atoms with Gasteiger partial charge in [0.05, 0.1) is 5.56 Å². The molecule has 2 heterocycles. The highest BCUT2D eigenvalue weighted by molar-refractivity contribution is 6.21. The molecule has 3 amide bonds. The van der Waals surface area contributed by atoms with Gasteiger partial charge in [0.25, 0.3) is 0 Å². The van der Waals surface area contributed by atoms with E-state index in [1.54, 1.807) is 4.90 Å². The lowest BCUT2D eigenvalue weighted by Crippen LogP contribution is -2.67. The number of unbranched alkanes of at least 4 members (excludes halogenated alkanes) is 2. The van der Waals surface area contributed by atoms with Gasteiger partial charge in [0, 0.05) is 5.69 Å². The second-order valence-corrected chi connectivity index (χ2v) is 7.83. The lowest BCUT2D eigenvalue weighted by molar-refractivity contribution is -0.137. The first-order valence-corrected chi connectivity index (χ1v) is 10.3. The Morgan fingerprint density at radius 1 is 1.07 bits per heavy atom. The Bertz CT molecular complexity index is 813. The van der Waals surface area contributed by atoms with Gasteiger partial charge < -0.3 is 4.90 Å². The number of aliphatic imine (C=N–C) groups is 1. The van der Waals surface area contributed by atoms with E-state index in [4.69, 9.17) is 0 Å². The van der Waals surface area contributed by atoms with Crippen LogP contribution in [0, 0.1) is 5.41 Å². The average molecular weight is 424 g/mol. The number of imide groups is 1. The Morgan fingerprint density at radius 3 is 2.20 bits per heavy atom. The first-order chi connectivity index (χ1) is 14.2. The number of nitrogens with zero attached hydrogens (tertiary/aromatic N) is 3. The molecule has 0 atom stereocenters. The van der Waals surface area contributed by atoms with Crippen LogP contribution in [0.5, 0.6) is 0 Å². The maximum atomic E-state index is 12.9. The SMILES string of the molecule is CCCCC1(CCCC)C(=O)NC(=O)N2CN(c3ccc(C(F)(F)F)cc3)CN=C21. The van der Waals surface area contributed by atoms with Crippen LogP contribution in [0.1, 0.15) is 57.9 Å². The second-order valence-electron chi connectivity index (χ2n) is 7.83. The highest BCUT2D eigenvalue weighted by Crippen LogP contribution is 2.39. The van der Waals surface area contributed by atoms with Crippen molar-refractivity contribution in [2.75, 3.05) is 18.2 Å². The summed E-state index contributed by atoms with van der Waals surface area (Å²) in [5.41, 5.74) is -1.04. The third kappa shape index (κ3) is 4.15. The first-order valence-electron chi connectivity index (χ1n) is 10.3.